The van der Waals surface area contributed by atoms with Crippen molar-refractivity contribution >= 4 is 48.9 Å². The molecule has 27 heteroatoms. The van der Waals surface area contributed by atoms with Gasteiger partial charge in [-0.25, -0.2) is 18.7 Å². The van der Waals surface area contributed by atoms with Gasteiger partial charge in [0.1, 0.15) is 42.2 Å². The normalized spacial score (nSPS) is 31.1. The lowest BCUT2D eigenvalue weighted by molar-refractivity contribution is -0.385. The molecule has 1 aromatic heterocycles. The minimum Gasteiger partial charge on any atom is -0.477 e. The fraction of sp³-hybridized carbons (Fsp3) is 0.500. The molecule has 0 spiro atoms. The molecule has 0 saturated carbocycles. The molecule has 9 N–H and O–H groups in total. The summed E-state index contributed by atoms with van der Waals surface area (Å²) >= 11 is 0. The van der Waals surface area contributed by atoms with Crippen LogP contribution in [-0.2, 0) is 32.0 Å². The van der Waals surface area contributed by atoms with Crippen LogP contribution in [0, 0.1) is 10.1 Å². The minimum atomic E-state index is -5.72. The first-order valence-corrected chi connectivity index (χ1v) is 18.6. The Labute approximate surface area is 279 Å². The third kappa shape index (κ3) is 9.62. The Morgan fingerprint density at radius 1 is 0.980 bits per heavy atom. The maximum absolute atomic E-state index is 12.6. The highest BCUT2D eigenvalue weighted by Gasteiger charge is 2.49. The number of ether oxygens (including phenoxy) is 2. The van der Waals surface area contributed by atoms with Gasteiger partial charge in [-0.05, 0) is 12.1 Å². The second-order valence-electron chi connectivity index (χ2n) is 10.1. The molecule has 2 fully saturated rings. The predicted molar refractivity (Wildman–Crippen MR) is 160 cm³/mol. The van der Waals surface area contributed by atoms with Crippen molar-refractivity contribution in [2.75, 3.05) is 12.4 Å². The molecule has 0 bridgehead atoms. The number of rotatable bonds is 14. The summed E-state index contributed by atoms with van der Waals surface area (Å²) in [6.07, 6.45) is -15.7. The number of carboxylic acids is 1. The monoisotopic (exact) mass is 779 g/mol. The standard InChI is InChI=1S/C22H27N3O20P2S2/c26-13-3-4-24(22(34)23-13)19-17(30)14(27)11(42-19)6-41-46(37,38)45-47(39,40)44-21-18(31)16(29)15(28)12(43-21)7-48-49-8-1-2-10(25(35)36)9(5-8)20(32)33/h1-5,11-12,14-19,21,27-31H,6-7H2,(H,32,33)(H,37,38)(H,39,40)(H,23,26,34)/t11-,12-,14-,15+,16+,17-,18-,19-,21?/m1/s1. The Hall–Kier alpha value is -2.55. The fourth-order valence-electron chi connectivity index (χ4n) is 4.40. The van der Waals surface area contributed by atoms with Crippen LogP contribution in [0.3, 0.4) is 0 Å². The molecule has 0 radical (unpaired) electrons. The largest absolute Gasteiger partial charge is 0.483 e. The third-order valence-electron chi connectivity index (χ3n) is 6.76. The summed E-state index contributed by atoms with van der Waals surface area (Å²) in [6.45, 7) is -1.08. The first-order valence-electron chi connectivity index (χ1n) is 13.3. The average Bonchev–Trinajstić information content (AvgIpc) is 3.29. The van der Waals surface area contributed by atoms with Crippen LogP contribution in [0.5, 0.6) is 0 Å². The van der Waals surface area contributed by atoms with Crippen molar-refractivity contribution in [3.05, 3.63) is 67.0 Å². The van der Waals surface area contributed by atoms with Crippen LogP contribution >= 0.6 is 37.2 Å². The third-order valence-corrected chi connectivity index (χ3v) is 11.7. The average molecular weight is 780 g/mol. The van der Waals surface area contributed by atoms with Crippen LogP contribution < -0.4 is 11.2 Å². The maximum atomic E-state index is 12.6. The zero-order valence-electron chi connectivity index (χ0n) is 24.1. The Morgan fingerprint density at radius 3 is 2.29 bits per heavy atom. The van der Waals surface area contributed by atoms with Gasteiger partial charge in [0.25, 0.3) is 11.2 Å². The summed E-state index contributed by atoms with van der Waals surface area (Å²) in [5.74, 6) is -1.83. The fourth-order valence-corrected chi connectivity index (χ4v) is 8.79. The molecule has 272 valence electrons. The van der Waals surface area contributed by atoms with Crippen molar-refractivity contribution in [3.8, 4) is 0 Å². The number of phosphoric ester groups is 2. The number of H-pyrrole nitrogens is 1. The molecule has 2 aliphatic rings. The van der Waals surface area contributed by atoms with E-state index in [1.54, 1.807) is 0 Å². The number of hydrogen-bond donors (Lipinski definition) is 9. The second kappa shape index (κ2) is 15.8. The Morgan fingerprint density at radius 2 is 1.65 bits per heavy atom. The van der Waals surface area contributed by atoms with E-state index in [1.165, 1.54) is 6.07 Å². The van der Waals surface area contributed by atoms with E-state index in [4.69, 9.17) is 9.47 Å². The summed E-state index contributed by atoms with van der Waals surface area (Å²) in [7, 11) is -9.57. The maximum Gasteiger partial charge on any atom is 0.483 e. The number of aromatic nitrogens is 2. The molecule has 2 saturated heterocycles. The number of aliphatic hydroxyl groups excluding tert-OH is 5. The molecule has 0 amide bonds. The number of hydrogen-bond acceptors (Lipinski definition) is 19. The lowest BCUT2D eigenvalue weighted by Gasteiger charge is -2.40. The summed E-state index contributed by atoms with van der Waals surface area (Å²) < 4.78 is 49.7. The van der Waals surface area contributed by atoms with Crippen LogP contribution in [0.15, 0.2) is 44.9 Å². The number of phosphoric acid groups is 2. The van der Waals surface area contributed by atoms with Crippen molar-refractivity contribution in [1.29, 1.82) is 0 Å². The van der Waals surface area contributed by atoms with E-state index in [0.29, 0.717) is 4.57 Å². The molecular weight excluding hydrogens is 752 g/mol. The number of aliphatic hydroxyl groups is 5. The topological polar surface area (TPSA) is 357 Å². The molecule has 49 heavy (non-hydrogen) atoms. The van der Waals surface area contributed by atoms with Gasteiger partial charge in [0.2, 0.25) is 0 Å². The van der Waals surface area contributed by atoms with E-state index >= 15 is 0 Å². The molecule has 1 aromatic carbocycles. The number of nitrogens with one attached hydrogen (secondary N) is 1. The number of nitro groups is 1. The Kier molecular flexibility index (Phi) is 12.6. The second-order valence-corrected chi connectivity index (χ2v) is 15.5. The van der Waals surface area contributed by atoms with Gasteiger partial charge in [-0.2, -0.15) is 4.31 Å². The van der Waals surface area contributed by atoms with Gasteiger partial charge >= 0.3 is 27.3 Å². The van der Waals surface area contributed by atoms with E-state index < -0.39 is 111 Å². The van der Waals surface area contributed by atoms with Gasteiger partial charge in [0, 0.05) is 29.0 Å². The number of benzene rings is 1. The van der Waals surface area contributed by atoms with E-state index in [0.717, 1.165) is 46.0 Å². The Balaban J connectivity index is 1.34. The van der Waals surface area contributed by atoms with Gasteiger partial charge in [-0.15, -0.1) is 0 Å². The minimum absolute atomic E-state index is 0.226. The lowest BCUT2D eigenvalue weighted by Crippen LogP contribution is -2.58. The zero-order chi connectivity index (χ0) is 36.4. The van der Waals surface area contributed by atoms with Gasteiger partial charge in [-0.3, -0.25) is 33.5 Å². The Bertz CT molecular complexity index is 1760. The number of aromatic amines is 1. The van der Waals surface area contributed by atoms with Crippen molar-refractivity contribution < 1.29 is 82.1 Å². The van der Waals surface area contributed by atoms with Crippen LogP contribution in [-0.4, -0.2) is 122 Å². The quantitative estimate of drug-likeness (QED) is 0.0445. The zero-order valence-corrected chi connectivity index (χ0v) is 27.5. The van der Waals surface area contributed by atoms with Crippen molar-refractivity contribution in [3.63, 3.8) is 0 Å². The highest BCUT2D eigenvalue weighted by molar-refractivity contribution is 8.76. The van der Waals surface area contributed by atoms with Gasteiger partial charge in [0.15, 0.2) is 12.5 Å². The molecule has 2 aromatic rings. The smallest absolute Gasteiger partial charge is 0.477 e. The molecular formula is C22H27N3O20P2S2. The molecule has 2 aliphatic heterocycles. The van der Waals surface area contributed by atoms with Gasteiger partial charge < -0.3 is 49.9 Å². The first-order chi connectivity index (χ1) is 22.8. The lowest BCUT2D eigenvalue weighted by atomic mass is 10.0. The summed E-state index contributed by atoms with van der Waals surface area (Å²) in [4.78, 5) is 67.1. The van der Waals surface area contributed by atoms with Crippen LogP contribution in [0.2, 0.25) is 0 Å². The summed E-state index contributed by atoms with van der Waals surface area (Å²) in [6, 6.07) is 4.14. The van der Waals surface area contributed by atoms with Crippen LogP contribution in [0.4, 0.5) is 5.69 Å². The number of aromatic carboxylic acids is 1. The summed E-state index contributed by atoms with van der Waals surface area (Å²) in [5, 5.41) is 71.6. The number of carboxylic acid groups (broad SMARTS) is 1. The van der Waals surface area contributed by atoms with Crippen molar-refractivity contribution in [2.24, 2.45) is 0 Å². The van der Waals surface area contributed by atoms with E-state index in [1.807, 2.05) is 4.98 Å². The van der Waals surface area contributed by atoms with Crippen LogP contribution in [0.1, 0.15) is 16.6 Å². The molecule has 3 unspecified atom stereocenters. The SMILES string of the molecule is O=C(O)c1cc(SSC[C@H]2OC(OP(=O)(O)OP(=O)(O)OC[C@H]3O[C@@H](n4ccc(=O)[nH]c4=O)[C@H](O)[C@@H]3O)[C@H](O)[C@@H](O)[C@H]2O)ccc1[N+](=O)[O-]. The molecule has 3 heterocycles. The van der Waals surface area contributed by atoms with Crippen molar-refractivity contribution in [1.82, 2.24) is 9.55 Å². The van der Waals surface area contributed by atoms with Crippen LogP contribution in [0.25, 0.3) is 0 Å². The number of carbonyl (C=O) groups is 1. The van der Waals surface area contributed by atoms with E-state index in [-0.39, 0.29) is 10.6 Å². The van der Waals surface area contributed by atoms with E-state index in [9.17, 15) is 74.1 Å². The van der Waals surface area contributed by atoms with Gasteiger partial charge in [-0.1, -0.05) is 21.6 Å². The van der Waals surface area contributed by atoms with E-state index in [2.05, 4.69) is 13.4 Å². The summed E-state index contributed by atoms with van der Waals surface area (Å²) in [5.41, 5.74) is -3.05. The van der Waals surface area contributed by atoms with Gasteiger partial charge in [0.05, 0.1) is 17.6 Å². The molecule has 11 atom stereocenters. The molecule has 4 rings (SSSR count). The number of nitro benzene ring substituents is 1. The highest BCUT2D eigenvalue weighted by atomic mass is 33.1. The molecule has 0 aliphatic carbocycles. The molecule has 23 nitrogen and oxygen atoms in total. The first kappa shape index (κ1) is 39.2. The predicted octanol–water partition coefficient (Wildman–Crippen LogP) is -1.74. The number of nitrogens with zero attached hydrogens (tertiary/aromatic N) is 2. The van der Waals surface area contributed by atoms with Crippen molar-refractivity contribution in [2.45, 2.75) is 60.1 Å². The highest BCUT2D eigenvalue weighted by Crippen LogP contribution is 2.61.